The van der Waals surface area contributed by atoms with E-state index in [2.05, 4.69) is 16.8 Å². The van der Waals surface area contributed by atoms with E-state index in [1.165, 1.54) is 4.88 Å². The molecule has 1 aromatic carbocycles. The van der Waals surface area contributed by atoms with E-state index < -0.39 is 0 Å². The molecule has 2 nitrogen and oxygen atoms in total. The second-order valence-corrected chi connectivity index (χ2v) is 5.80. The highest BCUT2D eigenvalue weighted by Crippen LogP contribution is 2.12. The number of benzene rings is 1. The smallest absolute Gasteiger partial charge is 0.220 e. The number of thiophene rings is 1. The third-order valence-electron chi connectivity index (χ3n) is 2.81. The van der Waals surface area contributed by atoms with Crippen LogP contribution in [-0.4, -0.2) is 5.91 Å². The zero-order valence-electron chi connectivity index (χ0n) is 10.6. The van der Waals surface area contributed by atoms with Crippen LogP contribution in [0.4, 0.5) is 0 Å². The van der Waals surface area contributed by atoms with Gasteiger partial charge in [0.05, 0.1) is 0 Å². The average molecular weight is 294 g/mol. The topological polar surface area (TPSA) is 29.1 Å². The summed E-state index contributed by atoms with van der Waals surface area (Å²) >= 11 is 7.55. The van der Waals surface area contributed by atoms with E-state index in [-0.39, 0.29) is 5.91 Å². The van der Waals surface area contributed by atoms with Crippen molar-refractivity contribution in [3.8, 4) is 0 Å². The van der Waals surface area contributed by atoms with Crippen molar-refractivity contribution in [2.45, 2.75) is 25.8 Å². The molecule has 0 aliphatic heterocycles. The Morgan fingerprint density at radius 3 is 2.68 bits per heavy atom. The van der Waals surface area contributed by atoms with Crippen LogP contribution in [0.2, 0.25) is 5.02 Å². The van der Waals surface area contributed by atoms with E-state index in [1.807, 2.05) is 30.3 Å². The highest BCUT2D eigenvalue weighted by molar-refractivity contribution is 7.09. The maximum absolute atomic E-state index is 11.7. The third kappa shape index (κ3) is 5.05. The van der Waals surface area contributed by atoms with Gasteiger partial charge in [0.1, 0.15) is 0 Å². The number of hydrogen-bond acceptors (Lipinski definition) is 2. The van der Waals surface area contributed by atoms with Crippen molar-refractivity contribution in [2.24, 2.45) is 0 Å². The molecule has 0 unspecified atom stereocenters. The fourth-order valence-corrected chi connectivity index (χ4v) is 2.65. The Hall–Kier alpha value is -1.32. The average Bonchev–Trinajstić information content (AvgIpc) is 2.91. The number of nitrogens with one attached hydrogen (secondary N) is 1. The van der Waals surface area contributed by atoms with Crippen LogP contribution in [0.3, 0.4) is 0 Å². The minimum absolute atomic E-state index is 0.103. The van der Waals surface area contributed by atoms with E-state index in [1.54, 1.807) is 11.3 Å². The van der Waals surface area contributed by atoms with E-state index in [0.29, 0.717) is 18.0 Å². The first-order chi connectivity index (χ1) is 9.24. The molecular weight excluding hydrogens is 278 g/mol. The quantitative estimate of drug-likeness (QED) is 0.855. The largest absolute Gasteiger partial charge is 0.352 e. The summed E-state index contributed by atoms with van der Waals surface area (Å²) < 4.78 is 0. The van der Waals surface area contributed by atoms with Crippen LogP contribution in [0.15, 0.2) is 41.8 Å². The van der Waals surface area contributed by atoms with Gasteiger partial charge in [0.25, 0.3) is 0 Å². The fourth-order valence-electron chi connectivity index (χ4n) is 1.77. The zero-order chi connectivity index (χ0) is 13.5. The number of amides is 1. The van der Waals surface area contributed by atoms with Crippen molar-refractivity contribution in [3.05, 3.63) is 57.2 Å². The number of carbonyl (C=O) groups is 1. The molecule has 19 heavy (non-hydrogen) atoms. The summed E-state index contributed by atoms with van der Waals surface area (Å²) in [5, 5.41) is 5.70. The van der Waals surface area contributed by atoms with Gasteiger partial charge in [0, 0.05) is 22.9 Å². The number of carbonyl (C=O) groups excluding carboxylic acids is 1. The monoisotopic (exact) mass is 293 g/mol. The maximum Gasteiger partial charge on any atom is 0.220 e. The Balaban J connectivity index is 1.65. The second-order valence-electron chi connectivity index (χ2n) is 4.34. The van der Waals surface area contributed by atoms with E-state index in [4.69, 9.17) is 11.6 Å². The normalized spacial score (nSPS) is 10.4. The highest BCUT2D eigenvalue weighted by atomic mass is 35.5. The van der Waals surface area contributed by atoms with Crippen LogP contribution in [0.5, 0.6) is 0 Å². The summed E-state index contributed by atoms with van der Waals surface area (Å²) in [6.07, 6.45) is 2.45. The Morgan fingerprint density at radius 1 is 1.21 bits per heavy atom. The van der Waals surface area contributed by atoms with Gasteiger partial charge in [-0.25, -0.2) is 0 Å². The Kier molecular flexibility index (Phi) is 5.43. The van der Waals surface area contributed by atoms with Crippen molar-refractivity contribution < 1.29 is 4.79 Å². The minimum Gasteiger partial charge on any atom is -0.352 e. The molecule has 1 amide bonds. The number of aryl methyl sites for hydroxylation is 1. The van der Waals surface area contributed by atoms with E-state index in [0.717, 1.165) is 18.4 Å². The van der Waals surface area contributed by atoms with Crippen LogP contribution < -0.4 is 5.32 Å². The van der Waals surface area contributed by atoms with Crippen LogP contribution >= 0.6 is 22.9 Å². The molecule has 100 valence electrons. The van der Waals surface area contributed by atoms with Crippen molar-refractivity contribution >= 4 is 28.8 Å². The van der Waals surface area contributed by atoms with Crippen molar-refractivity contribution in [1.29, 1.82) is 0 Å². The molecule has 0 spiro atoms. The predicted octanol–water partition coefficient (Wildman–Crippen LogP) is 4.04. The zero-order valence-corrected chi connectivity index (χ0v) is 12.1. The van der Waals surface area contributed by atoms with Crippen LogP contribution in [0, 0.1) is 0 Å². The number of rotatable bonds is 6. The van der Waals surface area contributed by atoms with E-state index in [9.17, 15) is 4.79 Å². The van der Waals surface area contributed by atoms with Gasteiger partial charge in [-0.15, -0.1) is 11.3 Å². The Morgan fingerprint density at radius 2 is 2.00 bits per heavy atom. The molecule has 4 heteroatoms. The molecular formula is C15H16ClNOS. The van der Waals surface area contributed by atoms with Gasteiger partial charge in [0.2, 0.25) is 5.91 Å². The van der Waals surface area contributed by atoms with Gasteiger partial charge in [-0.05, 0) is 42.0 Å². The number of halogens is 1. The summed E-state index contributed by atoms with van der Waals surface area (Å²) in [5.41, 5.74) is 1.07. The van der Waals surface area contributed by atoms with Gasteiger partial charge < -0.3 is 5.32 Å². The van der Waals surface area contributed by atoms with Crippen LogP contribution in [-0.2, 0) is 17.8 Å². The highest BCUT2D eigenvalue weighted by Gasteiger charge is 2.02. The second kappa shape index (κ2) is 7.31. The molecule has 0 aliphatic rings. The summed E-state index contributed by atoms with van der Waals surface area (Å²) in [5.74, 6) is 0.103. The Bertz CT molecular complexity index is 507. The van der Waals surface area contributed by atoms with E-state index >= 15 is 0 Å². The van der Waals surface area contributed by atoms with Gasteiger partial charge in [-0.1, -0.05) is 29.8 Å². The van der Waals surface area contributed by atoms with Crippen molar-refractivity contribution in [2.75, 3.05) is 0 Å². The summed E-state index contributed by atoms with van der Waals surface area (Å²) in [7, 11) is 0. The standard InChI is InChI=1S/C15H16ClNOS/c16-13-8-6-12(7-9-13)11-17-15(18)5-1-3-14-4-2-10-19-14/h2,4,6-10H,1,3,5,11H2,(H,17,18). The minimum atomic E-state index is 0.103. The first-order valence-electron chi connectivity index (χ1n) is 6.27. The molecule has 2 rings (SSSR count). The van der Waals surface area contributed by atoms with Crippen LogP contribution in [0.25, 0.3) is 0 Å². The fraction of sp³-hybridized carbons (Fsp3) is 0.267. The molecule has 0 aliphatic carbocycles. The van der Waals surface area contributed by atoms with Crippen molar-refractivity contribution in [1.82, 2.24) is 5.32 Å². The lowest BCUT2D eigenvalue weighted by Crippen LogP contribution is -2.22. The van der Waals surface area contributed by atoms with Crippen molar-refractivity contribution in [3.63, 3.8) is 0 Å². The van der Waals surface area contributed by atoms with Gasteiger partial charge in [0.15, 0.2) is 0 Å². The molecule has 0 atom stereocenters. The first-order valence-corrected chi connectivity index (χ1v) is 7.53. The lowest BCUT2D eigenvalue weighted by Gasteiger charge is -2.05. The lowest BCUT2D eigenvalue weighted by molar-refractivity contribution is -0.121. The lowest BCUT2D eigenvalue weighted by atomic mass is 10.2. The van der Waals surface area contributed by atoms with Crippen LogP contribution in [0.1, 0.15) is 23.3 Å². The maximum atomic E-state index is 11.7. The predicted molar refractivity (Wildman–Crippen MR) is 80.6 cm³/mol. The van der Waals surface area contributed by atoms with Gasteiger partial charge in [-0.2, -0.15) is 0 Å². The molecule has 0 fully saturated rings. The van der Waals surface area contributed by atoms with Gasteiger partial charge >= 0.3 is 0 Å². The Labute approximate surface area is 122 Å². The molecule has 0 radical (unpaired) electrons. The molecule has 1 N–H and O–H groups in total. The molecule has 0 saturated carbocycles. The van der Waals surface area contributed by atoms with Gasteiger partial charge in [-0.3, -0.25) is 4.79 Å². The molecule has 1 aromatic heterocycles. The third-order valence-corrected chi connectivity index (χ3v) is 4.00. The molecule has 0 bridgehead atoms. The summed E-state index contributed by atoms with van der Waals surface area (Å²) in [6.45, 7) is 0.564. The SMILES string of the molecule is O=C(CCCc1cccs1)NCc1ccc(Cl)cc1. The number of hydrogen-bond donors (Lipinski definition) is 1. The molecule has 2 aromatic rings. The molecule has 1 heterocycles. The summed E-state index contributed by atoms with van der Waals surface area (Å²) in [4.78, 5) is 13.0. The molecule has 0 saturated heterocycles. The first kappa shape index (κ1) is 14.1. The summed E-state index contributed by atoms with van der Waals surface area (Å²) in [6, 6.07) is 11.7.